The van der Waals surface area contributed by atoms with Crippen LogP contribution in [0.2, 0.25) is 0 Å². The van der Waals surface area contributed by atoms with Crippen molar-refractivity contribution < 1.29 is 23.0 Å². The number of aliphatic hydroxyl groups excluding tert-OH is 1. The van der Waals surface area contributed by atoms with E-state index in [-0.39, 0.29) is 30.7 Å². The van der Waals surface area contributed by atoms with Crippen molar-refractivity contribution >= 4 is 26.0 Å². The number of aliphatic hydroxyl groups is 1. The Hall–Kier alpha value is -0.670. The van der Waals surface area contributed by atoms with Crippen LogP contribution in [0.5, 0.6) is 5.75 Å². The summed E-state index contributed by atoms with van der Waals surface area (Å²) in [7, 11) is -2.11. The molecule has 0 spiro atoms. The fourth-order valence-electron chi connectivity index (χ4n) is 2.26. The lowest BCUT2D eigenvalue weighted by Gasteiger charge is -2.35. The Morgan fingerprint density at radius 1 is 1.48 bits per heavy atom. The molecule has 1 saturated heterocycles. The maximum absolute atomic E-state index is 12.7. The summed E-state index contributed by atoms with van der Waals surface area (Å²) >= 11 is 3.29. The quantitative estimate of drug-likeness (QED) is 0.851. The van der Waals surface area contributed by atoms with E-state index in [1.54, 1.807) is 13.0 Å². The minimum absolute atomic E-state index is 0.146. The summed E-state index contributed by atoms with van der Waals surface area (Å²) in [6.07, 6.45) is -0.752. The van der Waals surface area contributed by atoms with Gasteiger partial charge in [0.1, 0.15) is 5.75 Å². The Kier molecular flexibility index (Phi) is 5.26. The van der Waals surface area contributed by atoms with Crippen LogP contribution in [-0.4, -0.2) is 56.8 Å². The van der Waals surface area contributed by atoms with Gasteiger partial charge in [0.05, 0.1) is 35.3 Å². The molecule has 1 aromatic carbocycles. The number of sulfonamides is 1. The molecule has 2 unspecified atom stereocenters. The van der Waals surface area contributed by atoms with Gasteiger partial charge in [-0.2, -0.15) is 4.31 Å². The molecule has 0 saturated carbocycles. The molecule has 1 aliphatic rings. The van der Waals surface area contributed by atoms with Gasteiger partial charge in [-0.15, -0.1) is 0 Å². The van der Waals surface area contributed by atoms with Crippen LogP contribution in [0.3, 0.4) is 0 Å². The molecule has 1 fully saturated rings. The topological polar surface area (TPSA) is 76.1 Å². The fourth-order valence-corrected chi connectivity index (χ4v) is 4.52. The van der Waals surface area contributed by atoms with Crippen molar-refractivity contribution in [3.8, 4) is 5.75 Å². The molecule has 2 rings (SSSR count). The highest BCUT2D eigenvalue weighted by Gasteiger charge is 2.33. The number of rotatable bonds is 4. The number of morpholine rings is 1. The molecule has 1 heterocycles. The highest BCUT2D eigenvalue weighted by molar-refractivity contribution is 9.10. The standard InChI is InChI=1S/C13H18BrNO5S/c1-9-6-15(7-10(8-16)20-9)21(17,18)11-3-4-13(19-2)12(14)5-11/h3-5,9-10,16H,6-8H2,1-2H3. The van der Waals surface area contributed by atoms with Crippen LogP contribution >= 0.6 is 15.9 Å². The second kappa shape index (κ2) is 6.62. The number of hydrogen-bond donors (Lipinski definition) is 1. The molecule has 1 aromatic rings. The Balaban J connectivity index is 2.30. The first-order valence-corrected chi connectivity index (χ1v) is 8.71. The lowest BCUT2D eigenvalue weighted by atomic mass is 10.2. The molecule has 2 atom stereocenters. The zero-order valence-corrected chi connectivity index (χ0v) is 14.2. The molecule has 0 aromatic heterocycles. The van der Waals surface area contributed by atoms with E-state index in [0.29, 0.717) is 10.2 Å². The third-order valence-corrected chi connectivity index (χ3v) is 5.70. The summed E-state index contributed by atoms with van der Waals surface area (Å²) in [6.45, 7) is 1.99. The Labute approximate surface area is 132 Å². The molecular formula is C13H18BrNO5S. The zero-order valence-electron chi connectivity index (χ0n) is 11.8. The third kappa shape index (κ3) is 3.57. The van der Waals surface area contributed by atoms with E-state index >= 15 is 0 Å². The molecule has 21 heavy (non-hydrogen) atoms. The number of ether oxygens (including phenoxy) is 2. The van der Waals surface area contributed by atoms with Crippen molar-refractivity contribution in [2.45, 2.75) is 24.0 Å². The summed E-state index contributed by atoms with van der Waals surface area (Å²) in [5.41, 5.74) is 0. The van der Waals surface area contributed by atoms with E-state index in [1.807, 2.05) is 0 Å². The average molecular weight is 380 g/mol. The average Bonchev–Trinajstić information content (AvgIpc) is 2.46. The summed E-state index contributed by atoms with van der Waals surface area (Å²) in [5, 5.41) is 9.20. The zero-order chi connectivity index (χ0) is 15.6. The van der Waals surface area contributed by atoms with Crippen LogP contribution < -0.4 is 4.74 Å². The minimum atomic E-state index is -3.63. The minimum Gasteiger partial charge on any atom is -0.496 e. The number of benzene rings is 1. The van der Waals surface area contributed by atoms with E-state index in [4.69, 9.17) is 9.47 Å². The van der Waals surface area contributed by atoms with E-state index in [0.717, 1.165) is 0 Å². The van der Waals surface area contributed by atoms with Gasteiger partial charge in [0, 0.05) is 13.1 Å². The first-order valence-electron chi connectivity index (χ1n) is 6.48. The SMILES string of the molecule is COc1ccc(S(=O)(=O)N2CC(C)OC(CO)C2)cc1Br. The van der Waals surface area contributed by atoms with Gasteiger partial charge in [-0.05, 0) is 41.1 Å². The largest absolute Gasteiger partial charge is 0.496 e. The predicted octanol–water partition coefficient (Wildman–Crippen LogP) is 1.23. The smallest absolute Gasteiger partial charge is 0.243 e. The predicted molar refractivity (Wildman–Crippen MR) is 80.9 cm³/mol. The molecule has 1 N–H and O–H groups in total. The summed E-state index contributed by atoms with van der Waals surface area (Å²) < 4.78 is 37.8. The maximum atomic E-state index is 12.7. The van der Waals surface area contributed by atoms with Crippen LogP contribution in [0.25, 0.3) is 0 Å². The number of hydrogen-bond acceptors (Lipinski definition) is 5. The highest BCUT2D eigenvalue weighted by Crippen LogP contribution is 2.29. The maximum Gasteiger partial charge on any atom is 0.243 e. The van der Waals surface area contributed by atoms with Crippen molar-refractivity contribution in [3.63, 3.8) is 0 Å². The monoisotopic (exact) mass is 379 g/mol. The van der Waals surface area contributed by atoms with Crippen molar-refractivity contribution in [1.82, 2.24) is 4.31 Å². The van der Waals surface area contributed by atoms with E-state index < -0.39 is 16.1 Å². The first-order chi connectivity index (χ1) is 9.88. The highest BCUT2D eigenvalue weighted by atomic mass is 79.9. The van der Waals surface area contributed by atoms with Crippen molar-refractivity contribution in [2.24, 2.45) is 0 Å². The molecule has 118 valence electrons. The molecule has 0 amide bonds. The first kappa shape index (κ1) is 16.7. The third-order valence-electron chi connectivity index (χ3n) is 3.26. The van der Waals surface area contributed by atoms with Crippen LogP contribution in [0.4, 0.5) is 0 Å². The second-order valence-corrected chi connectivity index (χ2v) is 7.66. The fraction of sp³-hybridized carbons (Fsp3) is 0.538. The summed E-state index contributed by atoms with van der Waals surface area (Å²) in [6, 6.07) is 4.62. The second-order valence-electron chi connectivity index (χ2n) is 4.87. The Morgan fingerprint density at radius 2 is 2.19 bits per heavy atom. The normalized spacial score (nSPS) is 24.0. The van der Waals surface area contributed by atoms with Crippen LogP contribution in [-0.2, 0) is 14.8 Å². The molecule has 6 nitrogen and oxygen atoms in total. The van der Waals surface area contributed by atoms with E-state index in [2.05, 4.69) is 15.9 Å². The molecule has 1 aliphatic heterocycles. The number of nitrogens with zero attached hydrogens (tertiary/aromatic N) is 1. The number of methoxy groups -OCH3 is 1. The van der Waals surface area contributed by atoms with Gasteiger partial charge in [0.25, 0.3) is 0 Å². The van der Waals surface area contributed by atoms with E-state index in [9.17, 15) is 13.5 Å². The van der Waals surface area contributed by atoms with Crippen molar-refractivity contribution in [2.75, 3.05) is 26.8 Å². The van der Waals surface area contributed by atoms with Gasteiger partial charge in [-0.1, -0.05) is 0 Å². The number of halogens is 1. The van der Waals surface area contributed by atoms with Gasteiger partial charge < -0.3 is 14.6 Å². The van der Waals surface area contributed by atoms with E-state index in [1.165, 1.54) is 23.5 Å². The lowest BCUT2D eigenvalue weighted by Crippen LogP contribution is -2.50. The summed E-state index contributed by atoms with van der Waals surface area (Å²) in [4.78, 5) is 0.181. The van der Waals surface area contributed by atoms with Gasteiger partial charge in [-0.3, -0.25) is 0 Å². The Bertz CT molecular complexity index is 607. The van der Waals surface area contributed by atoms with Crippen LogP contribution in [0, 0.1) is 0 Å². The van der Waals surface area contributed by atoms with Gasteiger partial charge in [0.2, 0.25) is 10.0 Å². The molecule has 0 aliphatic carbocycles. The lowest BCUT2D eigenvalue weighted by molar-refractivity contribution is -0.0750. The molecule has 0 radical (unpaired) electrons. The van der Waals surface area contributed by atoms with Crippen molar-refractivity contribution in [3.05, 3.63) is 22.7 Å². The van der Waals surface area contributed by atoms with Gasteiger partial charge in [-0.25, -0.2) is 8.42 Å². The molecule has 8 heteroatoms. The summed E-state index contributed by atoms with van der Waals surface area (Å²) in [5.74, 6) is 0.567. The van der Waals surface area contributed by atoms with Gasteiger partial charge >= 0.3 is 0 Å². The molecular weight excluding hydrogens is 362 g/mol. The van der Waals surface area contributed by atoms with Crippen LogP contribution in [0.1, 0.15) is 6.92 Å². The van der Waals surface area contributed by atoms with Crippen LogP contribution in [0.15, 0.2) is 27.6 Å². The Morgan fingerprint density at radius 3 is 2.76 bits per heavy atom. The van der Waals surface area contributed by atoms with Gasteiger partial charge in [0.15, 0.2) is 0 Å². The molecule has 0 bridgehead atoms. The van der Waals surface area contributed by atoms with Crippen molar-refractivity contribution in [1.29, 1.82) is 0 Å².